The number of carbonyl (C=O) groups is 2. The molecule has 2 amide bonds. The summed E-state index contributed by atoms with van der Waals surface area (Å²) >= 11 is 2.92. The van der Waals surface area contributed by atoms with Gasteiger partial charge in [-0.15, -0.1) is 23.1 Å². The molecule has 0 atom stereocenters. The number of rotatable bonds is 7. The maximum atomic E-state index is 13.1. The van der Waals surface area contributed by atoms with Crippen LogP contribution in [0.4, 0.5) is 11.4 Å². The fraction of sp³-hybridized carbons (Fsp3) is 0.300. The number of carbonyl (C=O) groups excluding carboxylic acids is 2. The van der Waals surface area contributed by atoms with Gasteiger partial charge in [-0.25, -0.2) is 4.90 Å². The zero-order valence-corrected chi connectivity index (χ0v) is 16.8. The Labute approximate surface area is 162 Å². The normalized spacial score (nSPS) is 14.5. The Bertz CT molecular complexity index is 822. The van der Waals surface area contributed by atoms with E-state index in [9.17, 15) is 9.59 Å². The quantitative estimate of drug-likeness (QED) is 0.651. The Morgan fingerprint density at radius 3 is 2.23 bits per heavy atom. The maximum Gasteiger partial charge on any atom is 0.272 e. The molecule has 1 aromatic heterocycles. The molecule has 0 unspecified atom stereocenters. The van der Waals surface area contributed by atoms with Crippen molar-refractivity contribution in [2.24, 2.45) is 0 Å². The first-order valence-electron chi connectivity index (χ1n) is 8.77. The second-order valence-electron chi connectivity index (χ2n) is 5.75. The maximum absolute atomic E-state index is 13.1. The molecule has 1 aliphatic heterocycles. The van der Waals surface area contributed by atoms with Crippen molar-refractivity contribution in [2.75, 3.05) is 28.6 Å². The number of anilines is 2. The highest BCUT2D eigenvalue weighted by Gasteiger charge is 2.40. The summed E-state index contributed by atoms with van der Waals surface area (Å²) in [6.45, 7) is 8.04. The van der Waals surface area contributed by atoms with E-state index in [4.69, 9.17) is 0 Å². The Morgan fingerprint density at radius 1 is 1.00 bits per heavy atom. The minimum absolute atomic E-state index is 0.221. The monoisotopic (exact) mass is 386 g/mol. The van der Waals surface area contributed by atoms with E-state index in [2.05, 4.69) is 18.7 Å². The van der Waals surface area contributed by atoms with E-state index in [1.165, 1.54) is 28.0 Å². The van der Waals surface area contributed by atoms with Crippen LogP contribution in [0.3, 0.4) is 0 Å². The van der Waals surface area contributed by atoms with Gasteiger partial charge in [-0.3, -0.25) is 9.59 Å². The first-order valence-corrected chi connectivity index (χ1v) is 10.6. The molecule has 3 rings (SSSR count). The lowest BCUT2D eigenvalue weighted by molar-refractivity contribution is -0.119. The topological polar surface area (TPSA) is 40.6 Å². The van der Waals surface area contributed by atoms with Gasteiger partial charge >= 0.3 is 0 Å². The fourth-order valence-corrected chi connectivity index (χ4v) is 4.74. The highest BCUT2D eigenvalue weighted by Crippen LogP contribution is 2.39. The van der Waals surface area contributed by atoms with Gasteiger partial charge in [-0.2, -0.15) is 0 Å². The molecule has 136 valence electrons. The molecule has 1 aromatic carbocycles. The lowest BCUT2D eigenvalue weighted by Gasteiger charge is -2.22. The van der Waals surface area contributed by atoms with Crippen LogP contribution in [0.2, 0.25) is 0 Å². The van der Waals surface area contributed by atoms with Gasteiger partial charge in [0, 0.05) is 23.7 Å². The van der Waals surface area contributed by atoms with Crippen LogP contribution in [0.5, 0.6) is 0 Å². The predicted octanol–water partition coefficient (Wildman–Crippen LogP) is 4.63. The van der Waals surface area contributed by atoms with Crippen LogP contribution >= 0.6 is 23.1 Å². The van der Waals surface area contributed by atoms with Crippen LogP contribution < -0.4 is 9.80 Å². The number of hydrogen-bond donors (Lipinski definition) is 0. The Hall–Kier alpha value is -2.05. The molecular formula is C20H22N2O2S2. The van der Waals surface area contributed by atoms with E-state index in [-0.39, 0.29) is 11.8 Å². The largest absolute Gasteiger partial charge is 0.372 e. The van der Waals surface area contributed by atoms with Gasteiger partial charge < -0.3 is 4.90 Å². The highest BCUT2D eigenvalue weighted by atomic mass is 32.2. The third-order valence-electron chi connectivity index (χ3n) is 4.33. The van der Waals surface area contributed by atoms with Gasteiger partial charge in [0.25, 0.3) is 11.8 Å². The van der Waals surface area contributed by atoms with E-state index >= 15 is 0 Å². The van der Waals surface area contributed by atoms with E-state index in [0.717, 1.165) is 29.4 Å². The number of amides is 2. The van der Waals surface area contributed by atoms with Crippen molar-refractivity contribution in [1.82, 2.24) is 0 Å². The summed E-state index contributed by atoms with van der Waals surface area (Å²) in [5, 5.41) is 1.93. The zero-order valence-electron chi connectivity index (χ0n) is 15.2. The second-order valence-corrected chi connectivity index (χ2v) is 7.97. The van der Waals surface area contributed by atoms with Crippen LogP contribution in [0.15, 0.2) is 46.7 Å². The van der Waals surface area contributed by atoms with Gasteiger partial charge in [-0.05, 0) is 55.3 Å². The summed E-state index contributed by atoms with van der Waals surface area (Å²) < 4.78 is 0. The third-order valence-corrected chi connectivity index (χ3v) is 6.18. The number of imide groups is 1. The van der Waals surface area contributed by atoms with Gasteiger partial charge in [0.05, 0.1) is 16.2 Å². The van der Waals surface area contributed by atoms with Crippen molar-refractivity contribution in [3.8, 4) is 0 Å². The molecule has 0 spiro atoms. The Morgan fingerprint density at radius 2 is 1.69 bits per heavy atom. The van der Waals surface area contributed by atoms with E-state index in [1.807, 2.05) is 48.7 Å². The molecule has 0 saturated carbocycles. The number of thiophene rings is 1. The van der Waals surface area contributed by atoms with E-state index in [1.54, 1.807) is 0 Å². The van der Waals surface area contributed by atoms with Crippen molar-refractivity contribution < 1.29 is 9.59 Å². The zero-order chi connectivity index (χ0) is 18.7. The molecule has 2 aromatic rings. The molecule has 0 saturated heterocycles. The summed E-state index contributed by atoms with van der Waals surface area (Å²) in [4.78, 5) is 31.0. The molecule has 0 aliphatic carbocycles. The summed E-state index contributed by atoms with van der Waals surface area (Å²) in [5.74, 6) is 0.294. The minimum Gasteiger partial charge on any atom is -0.372 e. The Balaban J connectivity index is 1.95. The molecule has 4 nitrogen and oxygen atoms in total. The van der Waals surface area contributed by atoms with Crippen molar-refractivity contribution >= 4 is 51.9 Å². The molecule has 0 bridgehead atoms. The molecule has 6 heteroatoms. The average molecular weight is 387 g/mol. The highest BCUT2D eigenvalue weighted by molar-refractivity contribution is 8.04. The van der Waals surface area contributed by atoms with Crippen LogP contribution in [0, 0.1) is 0 Å². The summed E-state index contributed by atoms with van der Waals surface area (Å²) in [5.41, 5.74) is 2.24. The second kappa shape index (κ2) is 8.10. The number of benzene rings is 1. The molecule has 0 N–H and O–H groups in total. The van der Waals surface area contributed by atoms with Crippen molar-refractivity contribution in [3.05, 3.63) is 51.6 Å². The van der Waals surface area contributed by atoms with Gasteiger partial charge in [0.15, 0.2) is 0 Å². The predicted molar refractivity (Wildman–Crippen MR) is 112 cm³/mol. The molecule has 0 radical (unpaired) electrons. The van der Waals surface area contributed by atoms with Crippen LogP contribution in [-0.4, -0.2) is 30.7 Å². The lowest BCUT2D eigenvalue weighted by atomic mass is 10.2. The SMILES string of the molecule is CCSC1=C(c2cccs2)C(=O)N(c2ccc(N(CC)CC)cc2)C1=O. The summed E-state index contributed by atoms with van der Waals surface area (Å²) in [6.07, 6.45) is 0. The fourth-order valence-electron chi connectivity index (χ4n) is 3.06. The smallest absolute Gasteiger partial charge is 0.272 e. The van der Waals surface area contributed by atoms with E-state index in [0.29, 0.717) is 16.2 Å². The number of hydrogen-bond acceptors (Lipinski definition) is 5. The van der Waals surface area contributed by atoms with Gasteiger partial charge in [0.2, 0.25) is 0 Å². The first kappa shape index (κ1) is 18.7. The van der Waals surface area contributed by atoms with Crippen molar-refractivity contribution in [1.29, 1.82) is 0 Å². The minimum atomic E-state index is -0.232. The standard InChI is InChI=1S/C20H22N2O2S2/c1-4-21(5-2)14-9-11-15(12-10-14)22-19(23)17(16-8-7-13-26-16)18(20(22)24)25-6-3/h7-13H,4-6H2,1-3H3. The molecule has 26 heavy (non-hydrogen) atoms. The molecule has 2 heterocycles. The van der Waals surface area contributed by atoms with Crippen LogP contribution in [0.1, 0.15) is 25.6 Å². The summed E-state index contributed by atoms with van der Waals surface area (Å²) in [6, 6.07) is 11.5. The van der Waals surface area contributed by atoms with Gasteiger partial charge in [-0.1, -0.05) is 13.0 Å². The van der Waals surface area contributed by atoms with Gasteiger partial charge in [0.1, 0.15) is 0 Å². The lowest BCUT2D eigenvalue weighted by Crippen LogP contribution is -2.31. The molecule has 1 aliphatic rings. The van der Waals surface area contributed by atoms with E-state index < -0.39 is 0 Å². The number of nitrogens with zero attached hydrogens (tertiary/aromatic N) is 2. The van der Waals surface area contributed by atoms with Crippen molar-refractivity contribution in [3.63, 3.8) is 0 Å². The summed E-state index contributed by atoms with van der Waals surface area (Å²) in [7, 11) is 0. The third kappa shape index (κ3) is 3.31. The molecular weight excluding hydrogens is 364 g/mol. The molecule has 0 fully saturated rings. The van der Waals surface area contributed by atoms with Crippen LogP contribution in [-0.2, 0) is 9.59 Å². The van der Waals surface area contributed by atoms with Crippen molar-refractivity contribution in [2.45, 2.75) is 20.8 Å². The first-order chi connectivity index (χ1) is 12.6. The number of thioether (sulfide) groups is 1. The van der Waals surface area contributed by atoms with Crippen LogP contribution in [0.25, 0.3) is 5.57 Å². The Kier molecular flexibility index (Phi) is 5.84. The average Bonchev–Trinajstić information content (AvgIpc) is 3.25.